The standard InChI is InChI=1S/C17H17ClFN3O3S/c18-13-5-6-16(20-11-13)21-17(23)12-7-9-22(10-8-12)26(24,25)15-4-2-1-3-14(15)19/h1-6,11-12H,7-10H2,(H,20,21,23). The van der Waals surface area contributed by atoms with Crippen molar-refractivity contribution in [3.8, 4) is 0 Å². The van der Waals surface area contributed by atoms with Crippen LogP contribution in [0.5, 0.6) is 0 Å². The van der Waals surface area contributed by atoms with Crippen molar-refractivity contribution in [3.63, 3.8) is 0 Å². The van der Waals surface area contributed by atoms with Gasteiger partial charge in [-0.3, -0.25) is 4.79 Å². The predicted octanol–water partition coefficient (Wildman–Crippen LogP) is 2.91. The molecule has 1 saturated heterocycles. The Morgan fingerprint density at radius 2 is 1.88 bits per heavy atom. The number of nitrogens with one attached hydrogen (secondary N) is 1. The Morgan fingerprint density at radius 1 is 1.19 bits per heavy atom. The summed E-state index contributed by atoms with van der Waals surface area (Å²) in [6, 6.07) is 8.50. The van der Waals surface area contributed by atoms with Crippen LogP contribution in [0.2, 0.25) is 5.02 Å². The van der Waals surface area contributed by atoms with Gasteiger partial charge in [0.05, 0.1) is 5.02 Å². The third-order valence-electron chi connectivity index (χ3n) is 4.26. The average Bonchev–Trinajstić information content (AvgIpc) is 2.64. The first-order chi connectivity index (χ1) is 12.4. The molecule has 1 aliphatic rings. The molecule has 26 heavy (non-hydrogen) atoms. The highest BCUT2D eigenvalue weighted by Crippen LogP contribution is 2.26. The van der Waals surface area contributed by atoms with E-state index in [2.05, 4.69) is 10.3 Å². The number of carbonyl (C=O) groups is 1. The molecule has 0 radical (unpaired) electrons. The predicted molar refractivity (Wildman–Crippen MR) is 95.8 cm³/mol. The molecule has 1 aromatic heterocycles. The molecule has 0 atom stereocenters. The SMILES string of the molecule is O=C(Nc1ccc(Cl)cn1)C1CCN(S(=O)(=O)c2ccccc2F)CC1. The molecule has 2 aromatic rings. The minimum Gasteiger partial charge on any atom is -0.310 e. The molecule has 2 heterocycles. The van der Waals surface area contributed by atoms with Gasteiger partial charge in [0.15, 0.2) is 0 Å². The fourth-order valence-corrected chi connectivity index (χ4v) is 4.48. The van der Waals surface area contributed by atoms with Crippen molar-refractivity contribution in [3.05, 3.63) is 53.4 Å². The number of benzene rings is 1. The molecule has 1 amide bonds. The van der Waals surface area contributed by atoms with Crippen molar-refractivity contribution < 1.29 is 17.6 Å². The third kappa shape index (κ3) is 4.03. The Labute approximate surface area is 156 Å². The van der Waals surface area contributed by atoms with Gasteiger partial charge in [0.2, 0.25) is 15.9 Å². The number of halogens is 2. The van der Waals surface area contributed by atoms with E-state index in [1.165, 1.54) is 28.7 Å². The van der Waals surface area contributed by atoms with Crippen molar-refractivity contribution in [2.75, 3.05) is 18.4 Å². The summed E-state index contributed by atoms with van der Waals surface area (Å²) in [6.07, 6.45) is 2.14. The van der Waals surface area contributed by atoms with Crippen LogP contribution in [-0.4, -0.2) is 36.7 Å². The topological polar surface area (TPSA) is 79.4 Å². The number of nitrogens with zero attached hydrogens (tertiary/aromatic N) is 2. The number of rotatable bonds is 4. The average molecular weight is 398 g/mol. The highest BCUT2D eigenvalue weighted by atomic mass is 35.5. The number of anilines is 1. The number of hydrogen-bond acceptors (Lipinski definition) is 4. The minimum absolute atomic E-state index is 0.156. The molecule has 3 rings (SSSR count). The van der Waals surface area contributed by atoms with E-state index in [0.29, 0.717) is 23.7 Å². The second kappa shape index (κ2) is 7.69. The lowest BCUT2D eigenvalue weighted by Crippen LogP contribution is -2.41. The van der Waals surface area contributed by atoms with E-state index in [4.69, 9.17) is 11.6 Å². The number of hydrogen-bond donors (Lipinski definition) is 1. The first-order valence-corrected chi connectivity index (χ1v) is 9.87. The zero-order valence-electron chi connectivity index (χ0n) is 13.7. The van der Waals surface area contributed by atoms with Crippen molar-refractivity contribution in [1.29, 1.82) is 0 Å². The zero-order chi connectivity index (χ0) is 18.7. The molecule has 1 aromatic carbocycles. The molecule has 9 heteroatoms. The van der Waals surface area contributed by atoms with E-state index in [-0.39, 0.29) is 29.8 Å². The van der Waals surface area contributed by atoms with Gasteiger partial charge in [-0.15, -0.1) is 0 Å². The normalized spacial score (nSPS) is 16.4. The van der Waals surface area contributed by atoms with Crippen LogP contribution in [0.15, 0.2) is 47.5 Å². The largest absolute Gasteiger partial charge is 0.310 e. The Morgan fingerprint density at radius 3 is 2.50 bits per heavy atom. The third-order valence-corrected chi connectivity index (χ3v) is 6.41. The Hall–Kier alpha value is -2.03. The highest BCUT2D eigenvalue weighted by Gasteiger charge is 2.33. The van der Waals surface area contributed by atoms with E-state index >= 15 is 0 Å². The Kier molecular flexibility index (Phi) is 5.55. The molecule has 1 N–H and O–H groups in total. The molecule has 0 bridgehead atoms. The zero-order valence-corrected chi connectivity index (χ0v) is 15.3. The fraction of sp³-hybridized carbons (Fsp3) is 0.294. The number of aromatic nitrogens is 1. The fourth-order valence-electron chi connectivity index (χ4n) is 2.83. The summed E-state index contributed by atoms with van der Waals surface area (Å²) in [5.41, 5.74) is 0. The van der Waals surface area contributed by atoms with Gasteiger partial charge in [0.1, 0.15) is 16.5 Å². The van der Waals surface area contributed by atoms with Crippen LogP contribution in [0.4, 0.5) is 10.2 Å². The van der Waals surface area contributed by atoms with Gasteiger partial charge < -0.3 is 5.32 Å². The minimum atomic E-state index is -3.91. The molecule has 1 aliphatic heterocycles. The van der Waals surface area contributed by atoms with E-state index in [1.807, 2.05) is 0 Å². The summed E-state index contributed by atoms with van der Waals surface area (Å²) in [6.45, 7) is 0.311. The van der Waals surface area contributed by atoms with Gasteiger partial charge in [-0.05, 0) is 37.1 Å². The molecule has 0 saturated carbocycles. The summed E-state index contributed by atoms with van der Waals surface area (Å²) >= 11 is 5.75. The van der Waals surface area contributed by atoms with Crippen LogP contribution in [0.3, 0.4) is 0 Å². The number of sulfonamides is 1. The number of piperidine rings is 1. The Bertz CT molecular complexity index is 898. The maximum atomic E-state index is 13.8. The van der Waals surface area contributed by atoms with Crippen LogP contribution >= 0.6 is 11.6 Å². The smallest absolute Gasteiger partial charge is 0.245 e. The van der Waals surface area contributed by atoms with Crippen molar-refractivity contribution in [2.45, 2.75) is 17.7 Å². The van der Waals surface area contributed by atoms with Gasteiger partial charge in [0, 0.05) is 25.2 Å². The number of carbonyl (C=O) groups excluding carboxylic acids is 1. The molecule has 0 spiro atoms. The van der Waals surface area contributed by atoms with Gasteiger partial charge >= 0.3 is 0 Å². The lowest BCUT2D eigenvalue weighted by molar-refractivity contribution is -0.120. The molecular weight excluding hydrogens is 381 g/mol. The molecule has 0 unspecified atom stereocenters. The first-order valence-electron chi connectivity index (χ1n) is 8.05. The van der Waals surface area contributed by atoms with Crippen LogP contribution in [-0.2, 0) is 14.8 Å². The Balaban J connectivity index is 1.62. The van der Waals surface area contributed by atoms with Crippen LogP contribution < -0.4 is 5.32 Å². The van der Waals surface area contributed by atoms with E-state index < -0.39 is 15.8 Å². The van der Waals surface area contributed by atoms with Crippen LogP contribution in [0.1, 0.15) is 12.8 Å². The quantitative estimate of drug-likeness (QED) is 0.860. The number of amides is 1. The van der Waals surface area contributed by atoms with Crippen molar-refractivity contribution >= 4 is 33.3 Å². The second-order valence-corrected chi connectivity index (χ2v) is 8.30. The van der Waals surface area contributed by atoms with E-state index in [1.54, 1.807) is 12.1 Å². The van der Waals surface area contributed by atoms with Crippen molar-refractivity contribution in [2.24, 2.45) is 5.92 Å². The lowest BCUT2D eigenvalue weighted by atomic mass is 9.97. The summed E-state index contributed by atoms with van der Waals surface area (Å²) in [4.78, 5) is 16.0. The first kappa shape index (κ1) is 18.8. The molecule has 138 valence electrons. The van der Waals surface area contributed by atoms with E-state index in [0.717, 1.165) is 6.07 Å². The summed E-state index contributed by atoms with van der Waals surface area (Å²) < 4.78 is 40.2. The lowest BCUT2D eigenvalue weighted by Gasteiger charge is -2.30. The van der Waals surface area contributed by atoms with Gasteiger partial charge in [0.25, 0.3) is 0 Å². The van der Waals surface area contributed by atoms with Crippen LogP contribution in [0.25, 0.3) is 0 Å². The molecule has 6 nitrogen and oxygen atoms in total. The van der Waals surface area contributed by atoms with E-state index in [9.17, 15) is 17.6 Å². The second-order valence-electron chi connectivity index (χ2n) is 5.96. The van der Waals surface area contributed by atoms with Gasteiger partial charge in [-0.2, -0.15) is 4.31 Å². The maximum Gasteiger partial charge on any atom is 0.245 e. The molecule has 1 fully saturated rings. The van der Waals surface area contributed by atoms with Crippen molar-refractivity contribution in [1.82, 2.24) is 9.29 Å². The summed E-state index contributed by atoms with van der Waals surface area (Å²) in [5.74, 6) is -0.940. The van der Waals surface area contributed by atoms with Crippen LogP contribution in [0, 0.1) is 11.7 Å². The summed E-state index contributed by atoms with van der Waals surface area (Å²) in [5, 5.41) is 3.16. The molecular formula is C17H17ClFN3O3S. The highest BCUT2D eigenvalue weighted by molar-refractivity contribution is 7.89. The summed E-state index contributed by atoms with van der Waals surface area (Å²) in [7, 11) is -3.91. The molecule has 0 aliphatic carbocycles. The van der Waals surface area contributed by atoms with Gasteiger partial charge in [-0.25, -0.2) is 17.8 Å². The van der Waals surface area contributed by atoms with Gasteiger partial charge in [-0.1, -0.05) is 23.7 Å². The number of pyridine rings is 1. The maximum absolute atomic E-state index is 13.8. The monoisotopic (exact) mass is 397 g/mol.